The van der Waals surface area contributed by atoms with Crippen molar-refractivity contribution >= 4 is 5.96 Å². The molecular formula is C21H29N3O. The SMILES string of the molecule is CN=C(NC1CCc2ccccc2C1)NC1C2CCOC2C12CCC2. The van der Waals surface area contributed by atoms with E-state index in [1.165, 1.54) is 43.2 Å². The van der Waals surface area contributed by atoms with Crippen LogP contribution in [0.2, 0.25) is 0 Å². The van der Waals surface area contributed by atoms with E-state index in [9.17, 15) is 0 Å². The summed E-state index contributed by atoms with van der Waals surface area (Å²) in [5.41, 5.74) is 3.41. The molecule has 4 heteroatoms. The van der Waals surface area contributed by atoms with Crippen LogP contribution in [0.3, 0.4) is 0 Å². The highest BCUT2D eigenvalue weighted by atomic mass is 16.5. The Hall–Kier alpha value is -1.55. The Morgan fingerprint density at radius 3 is 2.76 bits per heavy atom. The van der Waals surface area contributed by atoms with E-state index in [-0.39, 0.29) is 0 Å². The van der Waals surface area contributed by atoms with E-state index in [1.54, 1.807) is 0 Å². The number of ether oxygens (including phenoxy) is 1. The summed E-state index contributed by atoms with van der Waals surface area (Å²) < 4.78 is 6.04. The van der Waals surface area contributed by atoms with E-state index in [2.05, 4.69) is 39.9 Å². The molecule has 4 aliphatic rings. The maximum absolute atomic E-state index is 6.04. The monoisotopic (exact) mass is 339 g/mol. The van der Waals surface area contributed by atoms with Gasteiger partial charge in [-0.05, 0) is 49.7 Å². The first kappa shape index (κ1) is 15.7. The van der Waals surface area contributed by atoms with Crippen molar-refractivity contribution in [3.63, 3.8) is 0 Å². The molecule has 1 spiro atoms. The van der Waals surface area contributed by atoms with Crippen molar-refractivity contribution in [1.29, 1.82) is 0 Å². The van der Waals surface area contributed by atoms with Gasteiger partial charge in [0.1, 0.15) is 0 Å². The second-order valence-electron chi connectivity index (χ2n) is 8.38. The fraction of sp³-hybridized carbons (Fsp3) is 0.667. The number of aryl methyl sites for hydroxylation is 1. The molecule has 0 bridgehead atoms. The van der Waals surface area contributed by atoms with Crippen LogP contribution in [0.5, 0.6) is 0 Å². The summed E-state index contributed by atoms with van der Waals surface area (Å²) in [7, 11) is 1.90. The number of fused-ring (bicyclic) bond motifs is 3. The van der Waals surface area contributed by atoms with Gasteiger partial charge in [-0.1, -0.05) is 30.7 Å². The lowest BCUT2D eigenvalue weighted by Crippen LogP contribution is -2.72. The lowest BCUT2D eigenvalue weighted by Gasteiger charge is -2.63. The maximum atomic E-state index is 6.04. The third-order valence-electron chi connectivity index (χ3n) is 7.24. The van der Waals surface area contributed by atoms with E-state index < -0.39 is 0 Å². The molecule has 1 aromatic carbocycles. The average molecular weight is 339 g/mol. The second kappa shape index (κ2) is 6.01. The molecule has 1 saturated heterocycles. The summed E-state index contributed by atoms with van der Waals surface area (Å²) in [6.07, 6.45) is 9.16. The fourth-order valence-corrected chi connectivity index (χ4v) is 5.79. The molecule has 0 aromatic heterocycles. The highest BCUT2D eigenvalue weighted by Crippen LogP contribution is 2.62. The van der Waals surface area contributed by atoms with Crippen LogP contribution in [0.1, 0.15) is 43.2 Å². The predicted molar refractivity (Wildman–Crippen MR) is 99.8 cm³/mol. The largest absolute Gasteiger partial charge is 0.377 e. The molecule has 1 aromatic rings. The van der Waals surface area contributed by atoms with E-state index >= 15 is 0 Å². The Labute approximate surface area is 150 Å². The molecule has 4 nitrogen and oxygen atoms in total. The molecule has 1 heterocycles. The highest BCUT2D eigenvalue weighted by molar-refractivity contribution is 5.80. The average Bonchev–Trinajstić information content (AvgIpc) is 3.02. The van der Waals surface area contributed by atoms with E-state index in [1.807, 2.05) is 7.05 Å². The molecule has 5 rings (SSSR count). The van der Waals surface area contributed by atoms with Crippen LogP contribution in [-0.2, 0) is 17.6 Å². The van der Waals surface area contributed by atoms with Crippen molar-refractivity contribution in [3.8, 4) is 0 Å². The Balaban J connectivity index is 1.25. The van der Waals surface area contributed by atoms with Gasteiger partial charge in [0.25, 0.3) is 0 Å². The number of rotatable bonds is 2. The molecule has 134 valence electrons. The van der Waals surface area contributed by atoms with Crippen molar-refractivity contribution in [2.24, 2.45) is 16.3 Å². The quantitative estimate of drug-likeness (QED) is 0.643. The number of hydrogen-bond acceptors (Lipinski definition) is 2. The summed E-state index contributed by atoms with van der Waals surface area (Å²) in [4.78, 5) is 4.55. The number of nitrogens with one attached hydrogen (secondary N) is 2. The van der Waals surface area contributed by atoms with E-state index in [0.29, 0.717) is 29.5 Å². The summed E-state index contributed by atoms with van der Waals surface area (Å²) >= 11 is 0. The van der Waals surface area contributed by atoms with Gasteiger partial charge in [0.05, 0.1) is 6.10 Å². The van der Waals surface area contributed by atoms with Crippen molar-refractivity contribution < 1.29 is 4.74 Å². The van der Waals surface area contributed by atoms with Crippen molar-refractivity contribution in [3.05, 3.63) is 35.4 Å². The smallest absolute Gasteiger partial charge is 0.191 e. The topological polar surface area (TPSA) is 45.7 Å². The zero-order valence-corrected chi connectivity index (χ0v) is 15.1. The third-order valence-corrected chi connectivity index (χ3v) is 7.24. The van der Waals surface area contributed by atoms with Crippen LogP contribution in [-0.4, -0.2) is 37.8 Å². The van der Waals surface area contributed by atoms with Crippen LogP contribution in [0.15, 0.2) is 29.3 Å². The molecular weight excluding hydrogens is 310 g/mol. The molecule has 2 N–H and O–H groups in total. The van der Waals surface area contributed by atoms with Crippen molar-refractivity contribution in [1.82, 2.24) is 10.6 Å². The number of hydrogen-bond donors (Lipinski definition) is 2. The van der Waals surface area contributed by atoms with Gasteiger partial charge in [0.2, 0.25) is 0 Å². The number of benzene rings is 1. The van der Waals surface area contributed by atoms with Gasteiger partial charge < -0.3 is 15.4 Å². The summed E-state index contributed by atoms with van der Waals surface area (Å²) in [6, 6.07) is 9.89. The van der Waals surface area contributed by atoms with Crippen LogP contribution in [0.25, 0.3) is 0 Å². The number of nitrogens with zero attached hydrogens (tertiary/aromatic N) is 1. The van der Waals surface area contributed by atoms with Crippen LogP contribution >= 0.6 is 0 Å². The molecule has 0 radical (unpaired) electrons. The van der Waals surface area contributed by atoms with Gasteiger partial charge in [-0.25, -0.2) is 0 Å². The Morgan fingerprint density at radius 1 is 1.16 bits per heavy atom. The minimum Gasteiger partial charge on any atom is -0.377 e. The minimum atomic E-state index is 0.401. The van der Waals surface area contributed by atoms with Gasteiger partial charge in [-0.3, -0.25) is 4.99 Å². The summed E-state index contributed by atoms with van der Waals surface area (Å²) in [5.74, 6) is 1.68. The molecule has 3 fully saturated rings. The third kappa shape index (κ3) is 2.41. The second-order valence-corrected chi connectivity index (χ2v) is 8.38. The standard InChI is InChI=1S/C21H29N3O/c1-22-20(23-16-8-7-14-5-2-3-6-15(14)13-16)24-18-17-9-12-25-19(17)21(18)10-4-11-21/h2-3,5-6,16-19H,4,7-13H2,1H3,(H2,22,23,24). The van der Waals surface area contributed by atoms with Crippen molar-refractivity contribution in [2.75, 3.05) is 13.7 Å². The van der Waals surface area contributed by atoms with Crippen LogP contribution in [0, 0.1) is 11.3 Å². The molecule has 1 aliphatic heterocycles. The van der Waals surface area contributed by atoms with E-state index in [0.717, 1.165) is 25.4 Å². The molecule has 2 saturated carbocycles. The number of guanidine groups is 1. The first-order chi connectivity index (χ1) is 12.3. The van der Waals surface area contributed by atoms with Crippen LogP contribution < -0.4 is 10.6 Å². The maximum Gasteiger partial charge on any atom is 0.191 e. The molecule has 0 amide bonds. The predicted octanol–water partition coefficient (Wildman–Crippen LogP) is 2.67. The lowest BCUT2D eigenvalue weighted by atomic mass is 9.46. The highest BCUT2D eigenvalue weighted by Gasteiger charge is 2.66. The molecule has 4 unspecified atom stereocenters. The Bertz CT molecular complexity index is 681. The minimum absolute atomic E-state index is 0.401. The van der Waals surface area contributed by atoms with Gasteiger partial charge in [0.15, 0.2) is 5.96 Å². The fourth-order valence-electron chi connectivity index (χ4n) is 5.79. The summed E-state index contributed by atoms with van der Waals surface area (Å²) in [5, 5.41) is 7.51. The lowest BCUT2D eigenvalue weighted by molar-refractivity contribution is -0.171. The zero-order chi connectivity index (χ0) is 16.9. The Kier molecular flexibility index (Phi) is 3.77. The first-order valence-corrected chi connectivity index (χ1v) is 9.98. The van der Waals surface area contributed by atoms with Gasteiger partial charge in [-0.15, -0.1) is 0 Å². The molecule has 3 aliphatic carbocycles. The van der Waals surface area contributed by atoms with Gasteiger partial charge >= 0.3 is 0 Å². The molecule has 25 heavy (non-hydrogen) atoms. The zero-order valence-electron chi connectivity index (χ0n) is 15.1. The Morgan fingerprint density at radius 2 is 2.00 bits per heavy atom. The summed E-state index contributed by atoms with van der Waals surface area (Å²) in [6.45, 7) is 0.945. The van der Waals surface area contributed by atoms with Crippen LogP contribution in [0.4, 0.5) is 0 Å². The van der Waals surface area contributed by atoms with Crippen molar-refractivity contribution in [2.45, 2.75) is 63.1 Å². The van der Waals surface area contributed by atoms with Gasteiger partial charge in [-0.2, -0.15) is 0 Å². The number of aliphatic imine (C=N–C) groups is 1. The van der Waals surface area contributed by atoms with E-state index in [4.69, 9.17) is 4.74 Å². The molecule has 4 atom stereocenters. The first-order valence-electron chi connectivity index (χ1n) is 9.98. The normalized spacial score (nSPS) is 35.3. The van der Waals surface area contributed by atoms with Gasteiger partial charge in [0, 0.05) is 37.1 Å².